The minimum absolute atomic E-state index is 0.0981. The first-order chi connectivity index (χ1) is 9.51. The first kappa shape index (κ1) is 13.9. The molecule has 4 heteroatoms. The van der Waals surface area contributed by atoms with Crippen molar-refractivity contribution in [2.45, 2.75) is 64.3 Å². The monoisotopic (exact) mass is 279 g/mol. The number of carbonyl (C=O) groups is 2. The predicted molar refractivity (Wildman–Crippen MR) is 75.1 cm³/mol. The van der Waals surface area contributed by atoms with Crippen LogP contribution in [0.1, 0.15) is 58.3 Å². The van der Waals surface area contributed by atoms with Gasteiger partial charge in [0.2, 0.25) is 5.91 Å². The lowest BCUT2D eigenvalue weighted by Crippen LogP contribution is -2.51. The molecule has 2 N–H and O–H groups in total. The second-order valence-electron chi connectivity index (χ2n) is 7.32. The van der Waals surface area contributed by atoms with Crippen LogP contribution in [0.5, 0.6) is 0 Å². The van der Waals surface area contributed by atoms with Crippen LogP contribution in [0.15, 0.2) is 0 Å². The van der Waals surface area contributed by atoms with E-state index in [0.29, 0.717) is 5.92 Å². The van der Waals surface area contributed by atoms with Crippen molar-refractivity contribution in [3.05, 3.63) is 0 Å². The van der Waals surface area contributed by atoms with E-state index in [-0.39, 0.29) is 29.2 Å². The average Bonchev–Trinajstić information content (AvgIpc) is 3.00. The highest BCUT2D eigenvalue weighted by Gasteiger charge is 2.52. The number of carboxylic acid groups (broad SMARTS) is 1. The van der Waals surface area contributed by atoms with Gasteiger partial charge in [-0.25, -0.2) is 0 Å². The fraction of sp³-hybridized carbons (Fsp3) is 0.875. The second kappa shape index (κ2) is 5.05. The largest absolute Gasteiger partial charge is 0.481 e. The smallest absolute Gasteiger partial charge is 0.308 e. The minimum Gasteiger partial charge on any atom is -0.481 e. The summed E-state index contributed by atoms with van der Waals surface area (Å²) in [5, 5.41) is 12.6. The maximum atomic E-state index is 12.6. The third-order valence-corrected chi connectivity index (χ3v) is 6.00. The van der Waals surface area contributed by atoms with Gasteiger partial charge in [-0.1, -0.05) is 26.2 Å². The van der Waals surface area contributed by atoms with Crippen molar-refractivity contribution in [2.75, 3.05) is 0 Å². The van der Waals surface area contributed by atoms with Crippen LogP contribution >= 0.6 is 0 Å². The molecule has 1 amide bonds. The molecule has 0 aromatic carbocycles. The third-order valence-electron chi connectivity index (χ3n) is 6.00. The molecule has 112 valence electrons. The van der Waals surface area contributed by atoms with E-state index in [1.165, 1.54) is 6.42 Å². The molecule has 0 heterocycles. The Morgan fingerprint density at radius 1 is 1.10 bits per heavy atom. The molecule has 0 aromatic rings. The van der Waals surface area contributed by atoms with E-state index in [4.69, 9.17) is 0 Å². The molecule has 4 atom stereocenters. The zero-order valence-corrected chi connectivity index (χ0v) is 12.2. The van der Waals surface area contributed by atoms with Crippen LogP contribution in [0.2, 0.25) is 0 Å². The number of fused-ring (bicyclic) bond motifs is 2. The van der Waals surface area contributed by atoms with Crippen LogP contribution in [-0.4, -0.2) is 23.0 Å². The summed E-state index contributed by atoms with van der Waals surface area (Å²) in [5.74, 6) is -0.318. The Bertz CT molecular complexity index is 414. The summed E-state index contributed by atoms with van der Waals surface area (Å²) >= 11 is 0. The van der Waals surface area contributed by atoms with E-state index in [9.17, 15) is 14.7 Å². The summed E-state index contributed by atoms with van der Waals surface area (Å²) in [6.07, 6.45) is 8.41. The Labute approximate surface area is 120 Å². The van der Waals surface area contributed by atoms with E-state index in [1.807, 2.05) is 6.92 Å². The van der Waals surface area contributed by atoms with Crippen molar-refractivity contribution in [3.8, 4) is 0 Å². The van der Waals surface area contributed by atoms with Gasteiger partial charge in [-0.15, -0.1) is 0 Å². The molecule has 2 bridgehead atoms. The van der Waals surface area contributed by atoms with Gasteiger partial charge in [0.1, 0.15) is 0 Å². The maximum Gasteiger partial charge on any atom is 0.308 e. The van der Waals surface area contributed by atoms with Crippen LogP contribution in [0.4, 0.5) is 0 Å². The number of hydrogen-bond acceptors (Lipinski definition) is 2. The molecule has 0 radical (unpaired) electrons. The Morgan fingerprint density at radius 2 is 1.75 bits per heavy atom. The molecule has 3 saturated carbocycles. The lowest BCUT2D eigenvalue weighted by atomic mass is 9.74. The molecule has 4 unspecified atom stereocenters. The van der Waals surface area contributed by atoms with Crippen molar-refractivity contribution < 1.29 is 14.7 Å². The molecular weight excluding hydrogens is 254 g/mol. The van der Waals surface area contributed by atoms with Crippen LogP contribution < -0.4 is 5.32 Å². The SMILES string of the molecule is CC1(C(=O)NC2C3CCC(C3)C2C(=O)O)CCCCC1. The van der Waals surface area contributed by atoms with E-state index < -0.39 is 5.97 Å². The van der Waals surface area contributed by atoms with E-state index >= 15 is 0 Å². The molecular formula is C16H25NO3. The highest BCUT2D eigenvalue weighted by atomic mass is 16.4. The van der Waals surface area contributed by atoms with Gasteiger partial charge in [0.05, 0.1) is 5.92 Å². The second-order valence-corrected chi connectivity index (χ2v) is 7.32. The van der Waals surface area contributed by atoms with Crippen molar-refractivity contribution >= 4 is 11.9 Å². The summed E-state index contributed by atoms with van der Waals surface area (Å²) in [5.41, 5.74) is -0.275. The number of aliphatic carboxylic acids is 1. The lowest BCUT2D eigenvalue weighted by molar-refractivity contribution is -0.145. The first-order valence-corrected chi connectivity index (χ1v) is 8.05. The van der Waals surface area contributed by atoms with E-state index in [2.05, 4.69) is 5.32 Å². The topological polar surface area (TPSA) is 66.4 Å². The fourth-order valence-electron chi connectivity index (χ4n) is 4.74. The van der Waals surface area contributed by atoms with Crippen molar-refractivity contribution in [3.63, 3.8) is 0 Å². The normalized spacial score (nSPS) is 38.6. The summed E-state index contributed by atoms with van der Waals surface area (Å²) in [4.78, 5) is 24.1. The van der Waals surface area contributed by atoms with Gasteiger partial charge in [0.15, 0.2) is 0 Å². The molecule has 3 aliphatic rings. The van der Waals surface area contributed by atoms with Crippen LogP contribution in [0.3, 0.4) is 0 Å². The summed E-state index contributed by atoms with van der Waals surface area (Å²) in [6.45, 7) is 2.05. The molecule has 4 nitrogen and oxygen atoms in total. The van der Waals surface area contributed by atoms with Gasteiger partial charge < -0.3 is 10.4 Å². The van der Waals surface area contributed by atoms with Gasteiger partial charge >= 0.3 is 5.97 Å². The Balaban J connectivity index is 1.70. The highest BCUT2D eigenvalue weighted by Crippen LogP contribution is 2.49. The number of carboxylic acids is 1. The van der Waals surface area contributed by atoms with E-state index in [0.717, 1.165) is 44.9 Å². The van der Waals surface area contributed by atoms with E-state index in [1.54, 1.807) is 0 Å². The molecule has 0 aromatic heterocycles. The molecule has 0 saturated heterocycles. The number of nitrogens with one attached hydrogen (secondary N) is 1. The molecule has 0 aliphatic heterocycles. The van der Waals surface area contributed by atoms with Crippen molar-refractivity contribution in [1.82, 2.24) is 5.32 Å². The molecule has 3 rings (SSSR count). The molecule has 0 spiro atoms. The molecule has 20 heavy (non-hydrogen) atoms. The zero-order valence-electron chi connectivity index (χ0n) is 12.2. The average molecular weight is 279 g/mol. The number of hydrogen-bond donors (Lipinski definition) is 2. The Kier molecular flexibility index (Phi) is 3.51. The Morgan fingerprint density at radius 3 is 2.40 bits per heavy atom. The van der Waals surface area contributed by atoms with Crippen LogP contribution in [-0.2, 0) is 9.59 Å². The van der Waals surface area contributed by atoms with Gasteiger partial charge in [0.25, 0.3) is 0 Å². The third kappa shape index (κ3) is 2.23. The van der Waals surface area contributed by atoms with Crippen LogP contribution in [0, 0.1) is 23.2 Å². The number of rotatable bonds is 3. The quantitative estimate of drug-likeness (QED) is 0.834. The Hall–Kier alpha value is -1.06. The van der Waals surface area contributed by atoms with Gasteiger partial charge in [0, 0.05) is 11.5 Å². The maximum absolute atomic E-state index is 12.6. The number of amides is 1. The summed E-state index contributed by atoms with van der Waals surface area (Å²) in [6, 6.07) is -0.127. The summed E-state index contributed by atoms with van der Waals surface area (Å²) in [7, 11) is 0. The standard InChI is InChI=1S/C16H25NO3/c1-16(7-3-2-4-8-16)15(20)17-13-11-6-5-10(9-11)12(13)14(18)19/h10-13H,2-9H2,1H3,(H,17,20)(H,18,19). The molecule has 3 aliphatic carbocycles. The lowest BCUT2D eigenvalue weighted by Gasteiger charge is -2.36. The van der Waals surface area contributed by atoms with Crippen molar-refractivity contribution in [2.24, 2.45) is 23.2 Å². The molecule has 3 fully saturated rings. The number of carbonyl (C=O) groups excluding carboxylic acids is 1. The van der Waals surface area contributed by atoms with Crippen molar-refractivity contribution in [1.29, 1.82) is 0 Å². The van der Waals surface area contributed by atoms with Gasteiger partial charge in [-0.05, 0) is 43.9 Å². The summed E-state index contributed by atoms with van der Waals surface area (Å²) < 4.78 is 0. The highest BCUT2D eigenvalue weighted by molar-refractivity contribution is 5.83. The fourth-order valence-corrected chi connectivity index (χ4v) is 4.74. The minimum atomic E-state index is -0.726. The van der Waals surface area contributed by atoms with Gasteiger partial charge in [-0.3, -0.25) is 9.59 Å². The first-order valence-electron chi connectivity index (χ1n) is 8.05. The predicted octanol–water partition coefficient (Wildman–Crippen LogP) is 2.57. The van der Waals surface area contributed by atoms with Crippen LogP contribution in [0.25, 0.3) is 0 Å². The van der Waals surface area contributed by atoms with Gasteiger partial charge in [-0.2, -0.15) is 0 Å². The zero-order chi connectivity index (χ0) is 14.3.